The largest absolute Gasteiger partial charge is 0.390 e. The zero-order valence-corrected chi connectivity index (χ0v) is 17.1. The van der Waals surface area contributed by atoms with E-state index in [4.69, 9.17) is 4.98 Å². The van der Waals surface area contributed by atoms with Gasteiger partial charge in [-0.05, 0) is 45.1 Å². The van der Waals surface area contributed by atoms with Gasteiger partial charge in [0, 0.05) is 17.2 Å². The van der Waals surface area contributed by atoms with E-state index in [1.807, 2.05) is 4.57 Å². The molecule has 0 aliphatic heterocycles. The van der Waals surface area contributed by atoms with E-state index in [1.54, 1.807) is 25.2 Å². The van der Waals surface area contributed by atoms with Crippen LogP contribution in [-0.2, 0) is 19.4 Å². The topological polar surface area (TPSA) is 55.1 Å². The normalized spacial score (nSPS) is 14.4. The first-order chi connectivity index (χ1) is 11.9. The molecule has 3 rings (SSSR count). The molecule has 0 unspecified atom stereocenters. The molecule has 2 aromatic heterocycles. The van der Waals surface area contributed by atoms with Crippen LogP contribution in [0.15, 0.2) is 9.95 Å². The molecule has 2 aromatic rings. The third-order valence-corrected chi connectivity index (χ3v) is 7.19. The summed E-state index contributed by atoms with van der Waals surface area (Å²) >= 11 is 3.18. The molecule has 0 fully saturated rings. The Morgan fingerprint density at radius 1 is 1.28 bits per heavy atom. The number of unbranched alkanes of at least 4 members (excludes halogenated alkanes) is 3. The molecule has 0 aromatic carbocycles. The molecule has 4 nitrogen and oxygen atoms in total. The number of thioether (sulfide) groups is 1. The van der Waals surface area contributed by atoms with Crippen molar-refractivity contribution in [1.29, 1.82) is 0 Å². The second kappa shape index (κ2) is 7.80. The van der Waals surface area contributed by atoms with E-state index in [0.717, 1.165) is 54.0 Å². The maximum atomic E-state index is 13.2. The van der Waals surface area contributed by atoms with Crippen molar-refractivity contribution < 1.29 is 5.11 Å². The standard InChI is InChI=1S/C19H28N2O2S2/c1-4-5-6-7-11-21-17(22)15-13-9-8-10-14(13)25-16(15)20-18(21)24-12-19(2,3)23/h23H,4-12H2,1-3H3. The van der Waals surface area contributed by atoms with E-state index in [1.165, 1.54) is 35.0 Å². The van der Waals surface area contributed by atoms with Gasteiger partial charge in [-0.2, -0.15) is 0 Å². The van der Waals surface area contributed by atoms with Crippen LogP contribution in [0.5, 0.6) is 0 Å². The number of fused-ring (bicyclic) bond motifs is 3. The van der Waals surface area contributed by atoms with Gasteiger partial charge in [-0.1, -0.05) is 37.9 Å². The van der Waals surface area contributed by atoms with Crippen molar-refractivity contribution >= 4 is 33.3 Å². The third kappa shape index (κ3) is 4.29. The number of hydrogen-bond acceptors (Lipinski definition) is 5. The van der Waals surface area contributed by atoms with E-state index in [0.29, 0.717) is 5.75 Å². The van der Waals surface area contributed by atoms with E-state index >= 15 is 0 Å². The first-order valence-electron chi connectivity index (χ1n) is 9.31. The van der Waals surface area contributed by atoms with Gasteiger partial charge in [0.05, 0.1) is 11.0 Å². The number of aliphatic hydroxyl groups is 1. The highest BCUT2D eigenvalue weighted by Crippen LogP contribution is 2.35. The van der Waals surface area contributed by atoms with Crippen molar-refractivity contribution in [3.05, 3.63) is 20.8 Å². The van der Waals surface area contributed by atoms with E-state index in [-0.39, 0.29) is 5.56 Å². The number of rotatable bonds is 8. The number of hydrogen-bond donors (Lipinski definition) is 1. The summed E-state index contributed by atoms with van der Waals surface area (Å²) in [5.41, 5.74) is 0.597. The molecule has 0 saturated carbocycles. The van der Waals surface area contributed by atoms with E-state index < -0.39 is 5.60 Å². The van der Waals surface area contributed by atoms with Crippen molar-refractivity contribution in [3.8, 4) is 0 Å². The molecule has 0 spiro atoms. The molecular weight excluding hydrogens is 352 g/mol. The monoisotopic (exact) mass is 380 g/mol. The second-order valence-electron chi connectivity index (χ2n) is 7.55. The smallest absolute Gasteiger partial charge is 0.263 e. The van der Waals surface area contributed by atoms with Gasteiger partial charge in [0.1, 0.15) is 4.83 Å². The molecule has 0 bridgehead atoms. The quantitative estimate of drug-likeness (QED) is 0.419. The Bertz CT molecular complexity index is 802. The van der Waals surface area contributed by atoms with Gasteiger partial charge in [-0.3, -0.25) is 9.36 Å². The molecule has 0 amide bonds. The highest BCUT2D eigenvalue weighted by atomic mass is 32.2. The molecule has 138 valence electrons. The first-order valence-corrected chi connectivity index (χ1v) is 11.1. The summed E-state index contributed by atoms with van der Waals surface area (Å²) in [7, 11) is 0. The van der Waals surface area contributed by atoms with Crippen LogP contribution in [-0.4, -0.2) is 26.0 Å². The molecule has 2 heterocycles. The van der Waals surface area contributed by atoms with Crippen molar-refractivity contribution in [2.24, 2.45) is 0 Å². The number of thiophene rings is 1. The molecule has 1 N–H and O–H groups in total. The summed E-state index contributed by atoms with van der Waals surface area (Å²) < 4.78 is 1.86. The summed E-state index contributed by atoms with van der Waals surface area (Å²) in [6.07, 6.45) is 7.77. The maximum Gasteiger partial charge on any atom is 0.263 e. The minimum atomic E-state index is -0.776. The lowest BCUT2D eigenvalue weighted by molar-refractivity contribution is 0.107. The van der Waals surface area contributed by atoms with Crippen LogP contribution < -0.4 is 5.56 Å². The Balaban J connectivity index is 1.97. The van der Waals surface area contributed by atoms with Gasteiger partial charge in [-0.15, -0.1) is 11.3 Å². The summed E-state index contributed by atoms with van der Waals surface area (Å²) in [6, 6.07) is 0. The van der Waals surface area contributed by atoms with Gasteiger partial charge in [0.15, 0.2) is 5.16 Å². The fraction of sp³-hybridized carbons (Fsp3) is 0.684. The zero-order valence-electron chi connectivity index (χ0n) is 15.4. The summed E-state index contributed by atoms with van der Waals surface area (Å²) in [5.74, 6) is 0.533. The van der Waals surface area contributed by atoms with Crippen LogP contribution in [0.25, 0.3) is 10.2 Å². The molecule has 0 saturated heterocycles. The second-order valence-corrected chi connectivity index (χ2v) is 9.58. The average molecular weight is 381 g/mol. The van der Waals surface area contributed by atoms with Crippen molar-refractivity contribution in [3.63, 3.8) is 0 Å². The van der Waals surface area contributed by atoms with Gasteiger partial charge in [0.25, 0.3) is 5.56 Å². The molecule has 1 aliphatic rings. The predicted molar refractivity (Wildman–Crippen MR) is 107 cm³/mol. The Morgan fingerprint density at radius 2 is 2.08 bits per heavy atom. The SMILES string of the molecule is CCCCCCn1c(SCC(C)(C)O)nc2sc3c(c2c1=O)CCC3. The fourth-order valence-corrected chi connectivity index (χ4v) is 5.58. The number of nitrogens with zero attached hydrogens (tertiary/aromatic N) is 2. The summed E-state index contributed by atoms with van der Waals surface area (Å²) in [5, 5.41) is 11.7. The number of aryl methyl sites for hydroxylation is 2. The van der Waals surface area contributed by atoms with Gasteiger partial charge < -0.3 is 5.11 Å². The van der Waals surface area contributed by atoms with Crippen molar-refractivity contribution in [2.45, 2.75) is 83.0 Å². The Kier molecular flexibility index (Phi) is 5.91. The van der Waals surface area contributed by atoms with Gasteiger partial charge in [0.2, 0.25) is 0 Å². The lowest BCUT2D eigenvalue weighted by Crippen LogP contribution is -2.26. The first kappa shape index (κ1) is 18.9. The Labute approximate surface area is 157 Å². The molecular formula is C19H28N2O2S2. The highest BCUT2D eigenvalue weighted by molar-refractivity contribution is 7.99. The fourth-order valence-electron chi connectivity index (χ4n) is 3.30. The molecule has 1 aliphatic carbocycles. The molecule has 0 atom stereocenters. The Hall–Kier alpha value is -0.850. The van der Waals surface area contributed by atoms with Crippen LogP contribution in [0, 0.1) is 0 Å². The predicted octanol–water partition coefficient (Wildman–Crippen LogP) is 4.39. The van der Waals surface area contributed by atoms with Crippen LogP contribution >= 0.6 is 23.1 Å². The Morgan fingerprint density at radius 3 is 2.80 bits per heavy atom. The molecule has 0 radical (unpaired) electrons. The third-order valence-electron chi connectivity index (χ3n) is 4.58. The van der Waals surface area contributed by atoms with Gasteiger partial charge in [-0.25, -0.2) is 4.98 Å². The summed E-state index contributed by atoms with van der Waals surface area (Å²) in [6.45, 7) is 6.50. The molecule has 6 heteroatoms. The van der Waals surface area contributed by atoms with E-state index in [9.17, 15) is 9.90 Å². The van der Waals surface area contributed by atoms with Crippen LogP contribution in [0.4, 0.5) is 0 Å². The van der Waals surface area contributed by atoms with Crippen LogP contribution in [0.2, 0.25) is 0 Å². The van der Waals surface area contributed by atoms with Crippen LogP contribution in [0.1, 0.15) is 63.3 Å². The lowest BCUT2D eigenvalue weighted by atomic mass is 10.2. The lowest BCUT2D eigenvalue weighted by Gasteiger charge is -2.18. The van der Waals surface area contributed by atoms with E-state index in [2.05, 4.69) is 6.92 Å². The van der Waals surface area contributed by atoms with Crippen LogP contribution in [0.3, 0.4) is 0 Å². The highest BCUT2D eigenvalue weighted by Gasteiger charge is 2.24. The van der Waals surface area contributed by atoms with Crippen molar-refractivity contribution in [1.82, 2.24) is 9.55 Å². The minimum Gasteiger partial charge on any atom is -0.390 e. The number of aromatic nitrogens is 2. The van der Waals surface area contributed by atoms with Gasteiger partial charge >= 0.3 is 0 Å². The maximum absolute atomic E-state index is 13.2. The molecule has 25 heavy (non-hydrogen) atoms. The average Bonchev–Trinajstić information content (AvgIpc) is 3.11. The van der Waals surface area contributed by atoms with Crippen molar-refractivity contribution in [2.75, 3.05) is 5.75 Å². The summed E-state index contributed by atoms with van der Waals surface area (Å²) in [4.78, 5) is 20.3. The minimum absolute atomic E-state index is 0.124. The zero-order chi connectivity index (χ0) is 18.0.